The third-order valence-corrected chi connectivity index (χ3v) is 4.38. The number of anilines is 1. The molecule has 3 heterocycles. The molecular formula is C18H20N6O2. The summed E-state index contributed by atoms with van der Waals surface area (Å²) in [6, 6.07) is 9.53. The Morgan fingerprint density at radius 3 is 3.04 bits per heavy atom. The van der Waals surface area contributed by atoms with E-state index in [2.05, 4.69) is 25.7 Å². The summed E-state index contributed by atoms with van der Waals surface area (Å²) in [5.74, 6) is 0.646. The molecule has 0 spiro atoms. The fourth-order valence-corrected chi connectivity index (χ4v) is 3.12. The minimum atomic E-state index is -0.0702. The number of hydrogen-bond donors (Lipinski definition) is 2. The normalized spacial score (nSPS) is 20.0. The minimum Gasteiger partial charge on any atom is -0.379 e. The zero-order valence-corrected chi connectivity index (χ0v) is 14.2. The Kier molecular flexibility index (Phi) is 4.74. The van der Waals surface area contributed by atoms with E-state index in [1.165, 1.54) is 6.33 Å². The van der Waals surface area contributed by atoms with Crippen molar-refractivity contribution in [2.75, 3.05) is 18.5 Å². The molecule has 8 nitrogen and oxygen atoms in total. The van der Waals surface area contributed by atoms with Gasteiger partial charge in [-0.1, -0.05) is 18.2 Å². The third-order valence-electron chi connectivity index (χ3n) is 4.38. The number of nitrogens with zero attached hydrogens (tertiary/aromatic N) is 4. The number of aromatic nitrogens is 4. The summed E-state index contributed by atoms with van der Waals surface area (Å²) in [4.78, 5) is 20.6. The average Bonchev–Trinajstić information content (AvgIpc) is 3.06. The number of ether oxygens (including phenoxy) is 1. The molecule has 0 bridgehead atoms. The lowest BCUT2D eigenvalue weighted by Crippen LogP contribution is -2.52. The fourth-order valence-electron chi connectivity index (χ4n) is 3.12. The van der Waals surface area contributed by atoms with Crippen molar-refractivity contribution in [1.82, 2.24) is 25.1 Å². The molecule has 2 N–H and O–H groups in total. The van der Waals surface area contributed by atoms with Gasteiger partial charge >= 0.3 is 0 Å². The lowest BCUT2D eigenvalue weighted by Gasteiger charge is -2.33. The molecule has 1 fully saturated rings. The predicted molar refractivity (Wildman–Crippen MR) is 96.5 cm³/mol. The molecule has 3 aromatic rings. The maximum absolute atomic E-state index is 12.5. The fraction of sp³-hybridized carbons (Fsp3) is 0.333. The number of nitrogens with one attached hydrogen (secondary N) is 2. The molecule has 26 heavy (non-hydrogen) atoms. The van der Waals surface area contributed by atoms with Crippen molar-refractivity contribution in [2.24, 2.45) is 0 Å². The molecule has 0 unspecified atom stereocenters. The quantitative estimate of drug-likeness (QED) is 0.717. The van der Waals surface area contributed by atoms with Gasteiger partial charge in [-0.2, -0.15) is 5.10 Å². The second-order valence-electron chi connectivity index (χ2n) is 6.27. The highest BCUT2D eigenvalue weighted by Gasteiger charge is 2.27. The largest absolute Gasteiger partial charge is 0.379 e. The first-order chi connectivity index (χ1) is 12.8. The van der Waals surface area contributed by atoms with Gasteiger partial charge in [-0.25, -0.2) is 9.97 Å². The Morgan fingerprint density at radius 1 is 1.27 bits per heavy atom. The van der Waals surface area contributed by atoms with E-state index in [0.29, 0.717) is 19.0 Å². The van der Waals surface area contributed by atoms with Gasteiger partial charge < -0.3 is 15.4 Å². The van der Waals surface area contributed by atoms with Crippen molar-refractivity contribution in [1.29, 1.82) is 0 Å². The topological polar surface area (TPSA) is 94.0 Å². The van der Waals surface area contributed by atoms with E-state index in [-0.39, 0.29) is 24.5 Å². The SMILES string of the molecule is O=C(Cn1cc2ccccc2n1)N[C@H]1CCOC[C@H]1Nc1ccncn1. The van der Waals surface area contributed by atoms with E-state index in [9.17, 15) is 4.79 Å². The summed E-state index contributed by atoms with van der Waals surface area (Å²) < 4.78 is 7.22. The zero-order chi connectivity index (χ0) is 17.8. The highest BCUT2D eigenvalue weighted by atomic mass is 16.5. The number of hydrogen-bond acceptors (Lipinski definition) is 6. The molecule has 0 radical (unpaired) electrons. The van der Waals surface area contributed by atoms with E-state index in [0.717, 1.165) is 17.3 Å². The molecule has 0 saturated carbocycles. The first-order valence-electron chi connectivity index (χ1n) is 8.60. The zero-order valence-electron chi connectivity index (χ0n) is 14.2. The van der Waals surface area contributed by atoms with Crippen LogP contribution >= 0.6 is 0 Å². The average molecular weight is 352 g/mol. The summed E-state index contributed by atoms with van der Waals surface area (Å²) in [5.41, 5.74) is 0.884. The first kappa shape index (κ1) is 16.5. The standard InChI is InChI=1S/C18H20N6O2/c25-18(10-24-9-13-3-1-2-4-14(13)23-24)22-15-6-8-26-11-16(15)21-17-5-7-19-12-20-17/h1-5,7,9,12,15-16H,6,8,10-11H2,(H,22,25)(H,19,20,21)/t15-,16+/m0/s1. The summed E-state index contributed by atoms with van der Waals surface area (Å²) in [7, 11) is 0. The minimum absolute atomic E-state index is 0.0313. The van der Waals surface area contributed by atoms with Gasteiger partial charge in [0.25, 0.3) is 0 Å². The van der Waals surface area contributed by atoms with Crippen molar-refractivity contribution in [3.63, 3.8) is 0 Å². The van der Waals surface area contributed by atoms with Crippen LogP contribution in [0, 0.1) is 0 Å². The van der Waals surface area contributed by atoms with Crippen LogP contribution in [-0.4, -0.2) is 51.0 Å². The van der Waals surface area contributed by atoms with E-state index in [1.807, 2.05) is 30.5 Å². The molecule has 1 aliphatic rings. The number of rotatable bonds is 5. The monoisotopic (exact) mass is 352 g/mol. The van der Waals surface area contributed by atoms with Crippen LogP contribution in [0.2, 0.25) is 0 Å². The van der Waals surface area contributed by atoms with Crippen LogP contribution < -0.4 is 10.6 Å². The van der Waals surface area contributed by atoms with Crippen LogP contribution in [0.25, 0.3) is 10.9 Å². The highest BCUT2D eigenvalue weighted by molar-refractivity contribution is 5.80. The van der Waals surface area contributed by atoms with Crippen molar-refractivity contribution in [3.8, 4) is 0 Å². The molecular weight excluding hydrogens is 332 g/mol. The molecule has 1 amide bonds. The van der Waals surface area contributed by atoms with Crippen molar-refractivity contribution in [3.05, 3.63) is 49.1 Å². The van der Waals surface area contributed by atoms with Gasteiger partial charge in [0, 0.05) is 24.4 Å². The second-order valence-corrected chi connectivity index (χ2v) is 6.27. The molecule has 1 saturated heterocycles. The lowest BCUT2D eigenvalue weighted by molar-refractivity contribution is -0.123. The number of amides is 1. The van der Waals surface area contributed by atoms with Crippen molar-refractivity contribution in [2.45, 2.75) is 25.0 Å². The molecule has 134 valence electrons. The molecule has 1 aromatic carbocycles. The summed E-state index contributed by atoms with van der Waals surface area (Å²) >= 11 is 0. The van der Waals surface area contributed by atoms with Crippen LogP contribution in [0.3, 0.4) is 0 Å². The maximum atomic E-state index is 12.5. The van der Waals surface area contributed by atoms with E-state index in [1.54, 1.807) is 16.9 Å². The van der Waals surface area contributed by atoms with E-state index >= 15 is 0 Å². The number of carbonyl (C=O) groups is 1. The molecule has 2 aromatic heterocycles. The van der Waals surface area contributed by atoms with Crippen LogP contribution in [-0.2, 0) is 16.1 Å². The van der Waals surface area contributed by atoms with Gasteiger partial charge in [-0.3, -0.25) is 9.48 Å². The predicted octanol–water partition coefficient (Wildman–Crippen LogP) is 1.21. The van der Waals surface area contributed by atoms with Crippen molar-refractivity contribution < 1.29 is 9.53 Å². The van der Waals surface area contributed by atoms with E-state index < -0.39 is 0 Å². The molecule has 0 aliphatic carbocycles. The number of benzene rings is 1. The van der Waals surface area contributed by atoms with Gasteiger partial charge in [-0.05, 0) is 18.6 Å². The first-order valence-corrected chi connectivity index (χ1v) is 8.60. The van der Waals surface area contributed by atoms with Crippen LogP contribution in [0.4, 0.5) is 5.82 Å². The van der Waals surface area contributed by atoms with Gasteiger partial charge in [-0.15, -0.1) is 0 Å². The summed E-state index contributed by atoms with van der Waals surface area (Å²) in [5, 5.41) is 11.9. The Hall–Kier alpha value is -3.00. The summed E-state index contributed by atoms with van der Waals surface area (Å²) in [6.45, 7) is 1.32. The van der Waals surface area contributed by atoms with Crippen molar-refractivity contribution >= 4 is 22.6 Å². The molecule has 2 atom stereocenters. The van der Waals surface area contributed by atoms with Gasteiger partial charge in [0.2, 0.25) is 5.91 Å². The Labute approximate surface area is 150 Å². The van der Waals surface area contributed by atoms with Crippen LogP contribution in [0.1, 0.15) is 6.42 Å². The van der Waals surface area contributed by atoms with Gasteiger partial charge in [0.15, 0.2) is 0 Å². The summed E-state index contributed by atoms with van der Waals surface area (Å²) in [6.07, 6.45) is 5.79. The molecule has 8 heteroatoms. The van der Waals surface area contributed by atoms with Crippen LogP contribution in [0.15, 0.2) is 49.1 Å². The lowest BCUT2D eigenvalue weighted by atomic mass is 10.0. The van der Waals surface area contributed by atoms with E-state index in [4.69, 9.17) is 4.74 Å². The third kappa shape index (κ3) is 3.80. The second kappa shape index (κ2) is 7.49. The van der Waals surface area contributed by atoms with Gasteiger partial charge in [0.05, 0.1) is 24.2 Å². The highest BCUT2D eigenvalue weighted by Crippen LogP contribution is 2.14. The maximum Gasteiger partial charge on any atom is 0.242 e. The smallest absolute Gasteiger partial charge is 0.242 e. The number of fused-ring (bicyclic) bond motifs is 1. The van der Waals surface area contributed by atoms with Gasteiger partial charge in [0.1, 0.15) is 18.7 Å². The van der Waals surface area contributed by atoms with Crippen LogP contribution in [0.5, 0.6) is 0 Å². The Bertz CT molecular complexity index is 849. The Balaban J connectivity index is 1.39. The number of carbonyl (C=O) groups excluding carboxylic acids is 1. The Morgan fingerprint density at radius 2 is 2.19 bits per heavy atom. The molecule has 1 aliphatic heterocycles. The molecule has 4 rings (SSSR count).